The molecule has 2 aromatic rings. The van der Waals surface area contributed by atoms with Gasteiger partial charge < -0.3 is 19.1 Å². The zero-order chi connectivity index (χ0) is 17.1. The monoisotopic (exact) mass is 333 g/mol. The van der Waals surface area contributed by atoms with Gasteiger partial charge in [-0.15, -0.1) is 5.10 Å². The summed E-state index contributed by atoms with van der Waals surface area (Å²) in [5, 5.41) is 4.11. The van der Waals surface area contributed by atoms with Crippen molar-refractivity contribution in [3.8, 4) is 17.6 Å². The second-order valence-corrected chi connectivity index (χ2v) is 5.41. The first-order valence-corrected chi connectivity index (χ1v) is 7.50. The number of ether oxygens (including phenoxy) is 3. The molecular formula is C15H19N5O4. The largest absolute Gasteiger partial charge is 0.480 e. The Morgan fingerprint density at radius 2 is 2.04 bits per heavy atom. The highest BCUT2D eigenvalue weighted by molar-refractivity contribution is 5.96. The molecule has 1 atom stereocenters. The average molecular weight is 333 g/mol. The van der Waals surface area contributed by atoms with Gasteiger partial charge in [-0.25, -0.2) is 0 Å². The Labute approximate surface area is 139 Å². The maximum atomic E-state index is 12.6. The number of carbonyl (C=O) groups is 1. The van der Waals surface area contributed by atoms with E-state index in [0.717, 1.165) is 0 Å². The van der Waals surface area contributed by atoms with Crippen molar-refractivity contribution in [2.45, 2.75) is 12.5 Å². The van der Waals surface area contributed by atoms with Crippen molar-refractivity contribution in [1.29, 1.82) is 0 Å². The van der Waals surface area contributed by atoms with Gasteiger partial charge >= 0.3 is 0 Å². The maximum absolute atomic E-state index is 12.6. The summed E-state index contributed by atoms with van der Waals surface area (Å²) >= 11 is 0. The van der Waals surface area contributed by atoms with Crippen molar-refractivity contribution in [3.05, 3.63) is 24.2 Å². The molecule has 9 heteroatoms. The molecule has 0 saturated carbocycles. The maximum Gasteiger partial charge on any atom is 0.261 e. The molecule has 1 fully saturated rings. The molecule has 0 aromatic carbocycles. The first-order chi connectivity index (χ1) is 11.6. The highest BCUT2D eigenvalue weighted by Gasteiger charge is 2.31. The van der Waals surface area contributed by atoms with E-state index in [9.17, 15) is 4.79 Å². The van der Waals surface area contributed by atoms with Crippen LogP contribution in [0.5, 0.6) is 17.6 Å². The van der Waals surface area contributed by atoms with Crippen LogP contribution in [-0.4, -0.2) is 64.0 Å². The molecule has 2 aromatic heterocycles. The minimum absolute atomic E-state index is 0.122. The average Bonchev–Trinajstić information content (AvgIpc) is 3.20. The summed E-state index contributed by atoms with van der Waals surface area (Å²) in [4.78, 5) is 22.5. The van der Waals surface area contributed by atoms with Crippen LogP contribution in [0, 0.1) is 0 Å². The van der Waals surface area contributed by atoms with Crippen molar-refractivity contribution in [2.24, 2.45) is 7.05 Å². The molecule has 0 bridgehead atoms. The molecule has 0 spiro atoms. The zero-order valence-electron chi connectivity index (χ0n) is 13.8. The van der Waals surface area contributed by atoms with E-state index >= 15 is 0 Å². The molecule has 0 N–H and O–H groups in total. The number of hydrogen-bond acceptors (Lipinski definition) is 7. The van der Waals surface area contributed by atoms with Crippen LogP contribution in [0.1, 0.15) is 16.8 Å². The van der Waals surface area contributed by atoms with Gasteiger partial charge in [0.2, 0.25) is 17.6 Å². The molecule has 0 radical (unpaired) electrons. The third kappa shape index (κ3) is 3.24. The molecule has 1 aliphatic rings. The Kier molecular flexibility index (Phi) is 4.50. The number of amides is 1. The van der Waals surface area contributed by atoms with E-state index in [4.69, 9.17) is 14.2 Å². The Bertz CT molecular complexity index is 732. The third-order valence-electron chi connectivity index (χ3n) is 3.74. The highest BCUT2D eigenvalue weighted by atomic mass is 16.5. The molecule has 0 aliphatic carbocycles. The van der Waals surface area contributed by atoms with Gasteiger partial charge in [0.15, 0.2) is 0 Å². The van der Waals surface area contributed by atoms with E-state index in [1.807, 2.05) is 0 Å². The normalized spacial score (nSPS) is 17.0. The lowest BCUT2D eigenvalue weighted by Gasteiger charge is -2.16. The minimum Gasteiger partial charge on any atom is -0.480 e. The summed E-state index contributed by atoms with van der Waals surface area (Å²) in [6.07, 6.45) is 5.26. The number of carbonyl (C=O) groups excluding carboxylic acids is 1. The summed E-state index contributed by atoms with van der Waals surface area (Å²) in [5.74, 6) is 0.972. The zero-order valence-corrected chi connectivity index (χ0v) is 13.8. The summed E-state index contributed by atoms with van der Waals surface area (Å²) in [5.41, 5.74) is 0.446. The molecule has 128 valence electrons. The van der Waals surface area contributed by atoms with Gasteiger partial charge in [-0.2, -0.15) is 4.98 Å². The second-order valence-electron chi connectivity index (χ2n) is 5.41. The number of aromatic nitrogens is 4. The molecule has 3 heterocycles. The quantitative estimate of drug-likeness (QED) is 0.787. The molecule has 1 saturated heterocycles. The van der Waals surface area contributed by atoms with Gasteiger partial charge in [-0.05, 0) is 0 Å². The van der Waals surface area contributed by atoms with Crippen LogP contribution in [-0.2, 0) is 7.05 Å². The van der Waals surface area contributed by atoms with Crippen molar-refractivity contribution < 1.29 is 19.0 Å². The van der Waals surface area contributed by atoms with E-state index in [2.05, 4.69) is 15.1 Å². The Balaban J connectivity index is 1.65. The van der Waals surface area contributed by atoms with Gasteiger partial charge in [0.05, 0.1) is 33.2 Å². The Hall–Kier alpha value is -2.84. The van der Waals surface area contributed by atoms with Gasteiger partial charge in [0, 0.05) is 26.2 Å². The Morgan fingerprint density at radius 3 is 2.79 bits per heavy atom. The van der Waals surface area contributed by atoms with Gasteiger partial charge in [-0.1, -0.05) is 0 Å². The van der Waals surface area contributed by atoms with Gasteiger partial charge in [0.1, 0.15) is 11.7 Å². The number of rotatable bonds is 5. The molecule has 9 nitrogen and oxygen atoms in total. The predicted octanol–water partition coefficient (Wildman–Crippen LogP) is 0.521. The summed E-state index contributed by atoms with van der Waals surface area (Å²) in [6.45, 7) is 1.06. The van der Waals surface area contributed by atoms with Crippen LogP contribution in [0.2, 0.25) is 0 Å². The van der Waals surface area contributed by atoms with Crippen molar-refractivity contribution in [1.82, 2.24) is 24.6 Å². The number of hydrogen-bond donors (Lipinski definition) is 0. The summed E-state index contributed by atoms with van der Waals surface area (Å²) in [7, 11) is 4.76. The lowest BCUT2D eigenvalue weighted by molar-refractivity contribution is 0.0767. The summed E-state index contributed by atoms with van der Waals surface area (Å²) in [6, 6.07) is 0. The molecule has 1 aliphatic heterocycles. The van der Waals surface area contributed by atoms with E-state index in [1.54, 1.807) is 22.8 Å². The summed E-state index contributed by atoms with van der Waals surface area (Å²) < 4.78 is 17.5. The minimum atomic E-state index is -0.141. The standard InChI is InChI=1S/C15H19N5O4/c1-19-9-11(14(18-19)23-3)15(21)20-5-4-10(8-20)24-13-7-16-6-12(17-13)22-2/h6-7,9-10H,4-5,8H2,1-3H3/t10-/m1/s1. The fourth-order valence-corrected chi connectivity index (χ4v) is 2.60. The molecular weight excluding hydrogens is 314 g/mol. The lowest BCUT2D eigenvalue weighted by Crippen LogP contribution is -2.31. The van der Waals surface area contributed by atoms with Crippen LogP contribution in [0.4, 0.5) is 0 Å². The first-order valence-electron chi connectivity index (χ1n) is 7.50. The van der Waals surface area contributed by atoms with Crippen LogP contribution in [0.25, 0.3) is 0 Å². The first kappa shape index (κ1) is 16.0. The highest BCUT2D eigenvalue weighted by Crippen LogP contribution is 2.22. The van der Waals surface area contributed by atoms with Crippen LogP contribution < -0.4 is 14.2 Å². The van der Waals surface area contributed by atoms with Crippen LogP contribution >= 0.6 is 0 Å². The molecule has 3 rings (SSSR count). The van der Waals surface area contributed by atoms with Crippen LogP contribution in [0.15, 0.2) is 18.6 Å². The van der Waals surface area contributed by atoms with E-state index in [1.165, 1.54) is 26.6 Å². The van der Waals surface area contributed by atoms with Crippen molar-refractivity contribution in [3.63, 3.8) is 0 Å². The van der Waals surface area contributed by atoms with Crippen LogP contribution in [0.3, 0.4) is 0 Å². The number of aryl methyl sites for hydroxylation is 1. The lowest BCUT2D eigenvalue weighted by atomic mass is 10.3. The molecule has 1 amide bonds. The fourth-order valence-electron chi connectivity index (χ4n) is 2.60. The smallest absolute Gasteiger partial charge is 0.261 e. The van der Waals surface area contributed by atoms with E-state index < -0.39 is 0 Å². The SMILES string of the molecule is COc1cncc(O[C@@H]2CCN(C(=O)c3cn(C)nc3OC)C2)n1. The fraction of sp³-hybridized carbons (Fsp3) is 0.467. The van der Waals surface area contributed by atoms with E-state index in [0.29, 0.717) is 42.7 Å². The van der Waals surface area contributed by atoms with Gasteiger partial charge in [-0.3, -0.25) is 14.5 Å². The number of nitrogens with zero attached hydrogens (tertiary/aromatic N) is 5. The molecule has 24 heavy (non-hydrogen) atoms. The van der Waals surface area contributed by atoms with Crippen molar-refractivity contribution >= 4 is 5.91 Å². The number of methoxy groups -OCH3 is 2. The predicted molar refractivity (Wildman–Crippen MR) is 83.3 cm³/mol. The third-order valence-corrected chi connectivity index (χ3v) is 3.74. The van der Waals surface area contributed by atoms with E-state index in [-0.39, 0.29) is 12.0 Å². The topological polar surface area (TPSA) is 91.6 Å². The Morgan fingerprint density at radius 1 is 1.25 bits per heavy atom. The van der Waals surface area contributed by atoms with Crippen molar-refractivity contribution in [2.75, 3.05) is 27.3 Å². The second kappa shape index (κ2) is 6.73. The van der Waals surface area contributed by atoms with Gasteiger partial charge in [0.25, 0.3) is 5.91 Å². The number of likely N-dealkylation sites (tertiary alicyclic amines) is 1. The molecule has 0 unspecified atom stereocenters.